The van der Waals surface area contributed by atoms with Crippen molar-refractivity contribution in [1.29, 1.82) is 0 Å². The van der Waals surface area contributed by atoms with Gasteiger partial charge < -0.3 is 10.2 Å². The van der Waals surface area contributed by atoms with Crippen molar-refractivity contribution in [3.63, 3.8) is 0 Å². The van der Waals surface area contributed by atoms with E-state index in [-0.39, 0.29) is 0 Å². The highest BCUT2D eigenvalue weighted by Gasteiger charge is 2.27. The minimum absolute atomic E-state index is 0.462. The van der Waals surface area contributed by atoms with E-state index in [1.807, 2.05) is 25.1 Å². The molecule has 3 heteroatoms. The Morgan fingerprint density at radius 3 is 2.63 bits per heavy atom. The maximum Gasteiger partial charge on any atom is 0.0659 e. The SMILES string of the molecule is CN(C)c1ccc(NC2CCCC(C)(C)C2)cc1Cl. The summed E-state index contributed by atoms with van der Waals surface area (Å²) in [5.41, 5.74) is 2.66. The lowest BCUT2D eigenvalue weighted by molar-refractivity contribution is 0.229. The van der Waals surface area contributed by atoms with Gasteiger partial charge in [-0.05, 0) is 42.9 Å². The highest BCUT2D eigenvalue weighted by atomic mass is 35.5. The number of hydrogen-bond acceptors (Lipinski definition) is 2. The molecule has 1 aliphatic rings. The van der Waals surface area contributed by atoms with Gasteiger partial charge in [-0.25, -0.2) is 0 Å². The summed E-state index contributed by atoms with van der Waals surface area (Å²) < 4.78 is 0. The Kier molecular flexibility index (Phi) is 4.29. The number of nitrogens with one attached hydrogen (secondary N) is 1. The third-order valence-electron chi connectivity index (χ3n) is 4.01. The Morgan fingerprint density at radius 2 is 2.05 bits per heavy atom. The van der Waals surface area contributed by atoms with Crippen molar-refractivity contribution >= 4 is 23.0 Å². The van der Waals surface area contributed by atoms with Crippen LogP contribution in [0.25, 0.3) is 0 Å². The quantitative estimate of drug-likeness (QED) is 0.857. The van der Waals surface area contributed by atoms with E-state index in [2.05, 4.69) is 31.3 Å². The maximum absolute atomic E-state index is 6.32. The molecule has 0 amide bonds. The molecule has 0 heterocycles. The van der Waals surface area contributed by atoms with Gasteiger partial charge >= 0.3 is 0 Å². The summed E-state index contributed by atoms with van der Waals surface area (Å²) in [6.07, 6.45) is 5.15. The molecule has 0 radical (unpaired) electrons. The Morgan fingerprint density at radius 1 is 1.32 bits per heavy atom. The first-order valence-electron chi connectivity index (χ1n) is 7.11. The van der Waals surface area contributed by atoms with Gasteiger partial charge in [0, 0.05) is 25.8 Å². The van der Waals surface area contributed by atoms with Crippen LogP contribution in [0.5, 0.6) is 0 Å². The van der Waals surface area contributed by atoms with Crippen molar-refractivity contribution < 1.29 is 0 Å². The van der Waals surface area contributed by atoms with Crippen molar-refractivity contribution in [1.82, 2.24) is 0 Å². The Bertz CT molecular complexity index is 440. The standard InChI is InChI=1S/C16H25ClN2/c1-16(2)9-5-6-13(11-16)18-12-7-8-15(19(3)4)14(17)10-12/h7-8,10,13,18H,5-6,9,11H2,1-4H3. The third kappa shape index (κ3) is 3.79. The predicted octanol–water partition coefficient (Wildman–Crippen LogP) is 4.79. The zero-order chi connectivity index (χ0) is 14.0. The molecule has 1 N–H and O–H groups in total. The fourth-order valence-electron chi connectivity index (χ4n) is 3.02. The van der Waals surface area contributed by atoms with Crippen LogP contribution in [-0.2, 0) is 0 Å². The lowest BCUT2D eigenvalue weighted by Gasteiger charge is -2.36. The van der Waals surface area contributed by atoms with Crippen LogP contribution < -0.4 is 10.2 Å². The van der Waals surface area contributed by atoms with Crippen molar-refractivity contribution in [2.75, 3.05) is 24.3 Å². The summed E-state index contributed by atoms with van der Waals surface area (Å²) in [6, 6.07) is 6.82. The highest BCUT2D eigenvalue weighted by Crippen LogP contribution is 2.37. The van der Waals surface area contributed by atoms with Crippen molar-refractivity contribution in [2.24, 2.45) is 5.41 Å². The maximum atomic E-state index is 6.32. The fraction of sp³-hybridized carbons (Fsp3) is 0.625. The second-order valence-electron chi connectivity index (χ2n) is 6.66. The second kappa shape index (κ2) is 5.62. The van der Waals surface area contributed by atoms with E-state index < -0.39 is 0 Å². The number of hydrogen-bond donors (Lipinski definition) is 1. The minimum atomic E-state index is 0.462. The number of rotatable bonds is 3. The van der Waals surface area contributed by atoms with Gasteiger partial charge in [0.2, 0.25) is 0 Å². The zero-order valence-electron chi connectivity index (χ0n) is 12.5. The largest absolute Gasteiger partial charge is 0.382 e. The van der Waals surface area contributed by atoms with E-state index in [1.54, 1.807) is 0 Å². The van der Waals surface area contributed by atoms with Gasteiger partial charge in [0.1, 0.15) is 0 Å². The summed E-state index contributed by atoms with van der Waals surface area (Å²) in [6.45, 7) is 4.73. The van der Waals surface area contributed by atoms with Gasteiger partial charge in [-0.2, -0.15) is 0 Å². The minimum Gasteiger partial charge on any atom is -0.382 e. The third-order valence-corrected chi connectivity index (χ3v) is 4.31. The van der Waals surface area contributed by atoms with Crippen LogP contribution in [0.3, 0.4) is 0 Å². The topological polar surface area (TPSA) is 15.3 Å². The van der Waals surface area contributed by atoms with Gasteiger partial charge in [0.05, 0.1) is 10.7 Å². The van der Waals surface area contributed by atoms with Gasteiger partial charge in [0.15, 0.2) is 0 Å². The summed E-state index contributed by atoms with van der Waals surface area (Å²) >= 11 is 6.32. The Hall–Kier alpha value is -0.890. The summed E-state index contributed by atoms with van der Waals surface area (Å²) in [5, 5.41) is 4.45. The summed E-state index contributed by atoms with van der Waals surface area (Å²) in [5.74, 6) is 0. The fourth-order valence-corrected chi connectivity index (χ4v) is 3.37. The lowest BCUT2D eigenvalue weighted by atomic mass is 9.75. The zero-order valence-corrected chi connectivity index (χ0v) is 13.2. The molecule has 19 heavy (non-hydrogen) atoms. The number of anilines is 2. The van der Waals surface area contributed by atoms with Crippen LogP contribution in [0.2, 0.25) is 5.02 Å². The second-order valence-corrected chi connectivity index (χ2v) is 7.07. The Balaban J connectivity index is 2.05. The van der Waals surface area contributed by atoms with Gasteiger partial charge in [0.25, 0.3) is 0 Å². The molecule has 106 valence electrons. The first-order chi connectivity index (χ1) is 8.87. The molecule has 1 atom stereocenters. The molecule has 0 spiro atoms. The van der Waals surface area contributed by atoms with Crippen molar-refractivity contribution in [2.45, 2.75) is 45.6 Å². The molecular weight excluding hydrogens is 256 g/mol. The van der Waals surface area contributed by atoms with Crippen molar-refractivity contribution in [3.8, 4) is 0 Å². The first kappa shape index (κ1) is 14.5. The van der Waals surface area contributed by atoms with Gasteiger partial charge in [-0.1, -0.05) is 31.9 Å². The molecule has 1 unspecified atom stereocenters. The van der Waals surface area contributed by atoms with Crippen LogP contribution in [-0.4, -0.2) is 20.1 Å². The molecule has 0 aliphatic heterocycles. The van der Waals surface area contributed by atoms with E-state index >= 15 is 0 Å². The lowest BCUT2D eigenvalue weighted by Crippen LogP contribution is -2.31. The molecule has 2 nitrogen and oxygen atoms in total. The van der Waals surface area contributed by atoms with Crippen LogP contribution >= 0.6 is 11.6 Å². The first-order valence-corrected chi connectivity index (χ1v) is 7.49. The molecule has 0 aromatic heterocycles. The smallest absolute Gasteiger partial charge is 0.0659 e. The van der Waals surface area contributed by atoms with E-state index in [0.29, 0.717) is 11.5 Å². The van der Waals surface area contributed by atoms with Crippen LogP contribution in [0, 0.1) is 5.41 Å². The molecule has 2 rings (SSSR count). The molecular formula is C16H25ClN2. The van der Waals surface area contributed by atoms with E-state index in [0.717, 1.165) is 16.4 Å². The molecule has 0 saturated heterocycles. The van der Waals surface area contributed by atoms with Crippen LogP contribution in [0.4, 0.5) is 11.4 Å². The molecule has 1 aliphatic carbocycles. The normalized spacial score (nSPS) is 22.1. The van der Waals surface area contributed by atoms with E-state index in [4.69, 9.17) is 11.6 Å². The molecule has 1 fully saturated rings. The number of halogens is 1. The number of nitrogens with zero attached hydrogens (tertiary/aromatic N) is 1. The average molecular weight is 281 g/mol. The van der Waals surface area contributed by atoms with E-state index in [1.165, 1.54) is 25.7 Å². The predicted molar refractivity (Wildman–Crippen MR) is 85.4 cm³/mol. The Labute approximate surface area is 122 Å². The van der Waals surface area contributed by atoms with Crippen molar-refractivity contribution in [3.05, 3.63) is 23.2 Å². The van der Waals surface area contributed by atoms with E-state index in [9.17, 15) is 0 Å². The summed E-state index contributed by atoms with van der Waals surface area (Å²) in [4.78, 5) is 2.04. The molecule has 0 bridgehead atoms. The monoisotopic (exact) mass is 280 g/mol. The molecule has 1 aromatic carbocycles. The molecule has 1 aromatic rings. The highest BCUT2D eigenvalue weighted by molar-refractivity contribution is 6.33. The van der Waals surface area contributed by atoms with Crippen LogP contribution in [0.1, 0.15) is 39.5 Å². The molecule has 1 saturated carbocycles. The number of benzene rings is 1. The van der Waals surface area contributed by atoms with Crippen LogP contribution in [0.15, 0.2) is 18.2 Å². The van der Waals surface area contributed by atoms with Gasteiger partial charge in [-0.3, -0.25) is 0 Å². The average Bonchev–Trinajstić information content (AvgIpc) is 2.27. The van der Waals surface area contributed by atoms with Gasteiger partial charge in [-0.15, -0.1) is 0 Å². The summed E-state index contributed by atoms with van der Waals surface area (Å²) in [7, 11) is 4.02.